The minimum Gasteiger partial charge on any atom is -0.508 e. The Bertz CT molecular complexity index is 1180. The number of phenolic OH excluding ortho intramolecular Hbond substituents is 1. The van der Waals surface area contributed by atoms with Crippen LogP contribution in [0.2, 0.25) is 0 Å². The number of nitrogens with zero attached hydrogens (tertiary/aromatic N) is 2. The highest BCUT2D eigenvalue weighted by Gasteiger charge is 2.64. The number of benzene rings is 1. The first-order chi connectivity index (χ1) is 15.3. The minimum absolute atomic E-state index is 0. The molecule has 1 amide bonds. The zero-order valence-corrected chi connectivity index (χ0v) is 21.0. The Balaban J connectivity index is 0.00000216. The molecule has 200 valence electrons. The zero-order chi connectivity index (χ0) is 24.6. The number of anilines is 1. The fourth-order valence-electron chi connectivity index (χ4n) is 5.65. The number of carbonyl (C=O) groups excluding carboxylic acids is 3. The van der Waals surface area contributed by atoms with Crippen LogP contribution in [0, 0.1) is 11.8 Å². The molecule has 0 unspecified atom stereocenters. The fraction of sp³-hybridized carbons (Fsp3) is 0.435. The number of phenols is 1. The van der Waals surface area contributed by atoms with E-state index in [1.165, 1.54) is 11.0 Å². The van der Waals surface area contributed by atoms with Gasteiger partial charge in [0.2, 0.25) is 5.78 Å². The van der Waals surface area contributed by atoms with Crippen LogP contribution in [-0.4, -0.2) is 93.6 Å². The second kappa shape index (κ2) is 10.1. The van der Waals surface area contributed by atoms with Crippen LogP contribution in [-0.2, 0) is 20.8 Å². The number of primary amides is 1. The van der Waals surface area contributed by atoms with Crippen molar-refractivity contribution in [2.24, 2.45) is 17.6 Å². The summed E-state index contributed by atoms with van der Waals surface area (Å²) >= 11 is 0. The van der Waals surface area contributed by atoms with Crippen molar-refractivity contribution < 1.29 is 45.8 Å². The summed E-state index contributed by atoms with van der Waals surface area (Å²) in [6.07, 6.45) is 0.324. The number of rotatable bonds is 3. The normalized spacial score (nSPS) is 26.7. The summed E-state index contributed by atoms with van der Waals surface area (Å²) in [5.74, 6) is -6.54. The van der Waals surface area contributed by atoms with E-state index in [1.807, 2.05) is 19.0 Å². The van der Waals surface area contributed by atoms with Gasteiger partial charge in [-0.25, -0.2) is 0 Å². The van der Waals surface area contributed by atoms with Gasteiger partial charge in [0, 0.05) is 31.3 Å². The van der Waals surface area contributed by atoms with E-state index in [-0.39, 0.29) is 53.1 Å². The Morgan fingerprint density at radius 2 is 1.67 bits per heavy atom. The number of hydrogen-bond donors (Lipinski definition) is 5. The highest BCUT2D eigenvalue weighted by Crippen LogP contribution is 2.53. The summed E-state index contributed by atoms with van der Waals surface area (Å²) in [4.78, 5) is 42.0. The summed E-state index contributed by atoms with van der Waals surface area (Å²) in [5, 5.41) is 43.9. The monoisotopic (exact) mass is 529 g/mol. The molecule has 36 heavy (non-hydrogen) atoms. The Morgan fingerprint density at radius 3 is 2.17 bits per heavy atom. The van der Waals surface area contributed by atoms with E-state index >= 15 is 0 Å². The molecule has 0 heterocycles. The van der Waals surface area contributed by atoms with E-state index in [1.54, 1.807) is 20.2 Å². The van der Waals surface area contributed by atoms with E-state index < -0.39 is 58.0 Å². The smallest absolute Gasteiger partial charge is 0.255 e. The number of hydrogen-bond acceptors (Lipinski definition) is 9. The van der Waals surface area contributed by atoms with Crippen molar-refractivity contribution in [3.05, 3.63) is 40.2 Å². The number of nitrogens with two attached hydrogens (primary N) is 1. The van der Waals surface area contributed by atoms with Crippen molar-refractivity contribution >= 4 is 41.3 Å². The third-order valence-corrected chi connectivity index (χ3v) is 7.06. The van der Waals surface area contributed by atoms with Gasteiger partial charge in [-0.1, -0.05) is 0 Å². The predicted octanol–water partition coefficient (Wildman–Crippen LogP) is -1.20. The lowest BCUT2D eigenvalue weighted by molar-refractivity contribution is -0.153. The molecule has 0 bridgehead atoms. The van der Waals surface area contributed by atoms with Crippen LogP contribution in [0.5, 0.6) is 5.75 Å². The topological polar surface area (TPSA) is 228 Å². The molecular weight excluding hydrogens is 498 g/mol. The van der Waals surface area contributed by atoms with Crippen molar-refractivity contribution in [1.82, 2.24) is 4.90 Å². The first-order valence-corrected chi connectivity index (χ1v) is 10.5. The van der Waals surface area contributed by atoms with Gasteiger partial charge < -0.3 is 42.0 Å². The summed E-state index contributed by atoms with van der Waals surface area (Å²) < 4.78 is 0. The van der Waals surface area contributed by atoms with Gasteiger partial charge in [-0.3, -0.25) is 19.3 Å². The number of aliphatic hydroxyl groups is 3. The summed E-state index contributed by atoms with van der Waals surface area (Å²) in [6.45, 7) is 0. The molecule has 12 nitrogen and oxygen atoms in total. The highest BCUT2D eigenvalue weighted by molar-refractivity contribution is 6.24. The third-order valence-electron chi connectivity index (χ3n) is 7.06. The maximum atomic E-state index is 13.7. The zero-order valence-electron chi connectivity index (χ0n) is 20.2. The van der Waals surface area contributed by atoms with Gasteiger partial charge in [-0.2, -0.15) is 0 Å². The van der Waals surface area contributed by atoms with E-state index in [0.717, 1.165) is 5.69 Å². The second-order valence-corrected chi connectivity index (χ2v) is 9.31. The number of likely N-dealkylation sites (N-methyl/N-ethyl adjacent to an activating group) is 1. The number of ketones is 2. The lowest BCUT2D eigenvalue weighted by Crippen LogP contribution is -2.65. The third kappa shape index (κ3) is 3.91. The number of Topliss-reactive ketones (excluding diaryl/α,β-unsaturated/α-hetero) is 2. The predicted molar refractivity (Wildman–Crippen MR) is 133 cm³/mol. The maximum absolute atomic E-state index is 13.7. The van der Waals surface area contributed by atoms with Crippen LogP contribution in [0.25, 0.3) is 5.76 Å². The molecule has 0 aromatic heterocycles. The van der Waals surface area contributed by atoms with Gasteiger partial charge >= 0.3 is 0 Å². The van der Waals surface area contributed by atoms with Crippen LogP contribution < -0.4 is 10.6 Å². The molecule has 0 radical (unpaired) electrons. The van der Waals surface area contributed by atoms with Gasteiger partial charge in [0.25, 0.3) is 5.91 Å². The fourth-order valence-corrected chi connectivity index (χ4v) is 5.65. The molecule has 10 N–H and O–H groups in total. The van der Waals surface area contributed by atoms with Crippen LogP contribution in [0.3, 0.4) is 0 Å². The van der Waals surface area contributed by atoms with E-state index in [2.05, 4.69) is 0 Å². The van der Waals surface area contributed by atoms with Gasteiger partial charge in [-0.05, 0) is 50.6 Å². The lowest BCUT2D eigenvalue weighted by atomic mass is 9.57. The van der Waals surface area contributed by atoms with E-state index in [4.69, 9.17) is 5.73 Å². The lowest BCUT2D eigenvalue weighted by Gasteiger charge is -2.50. The highest BCUT2D eigenvalue weighted by atomic mass is 35.5. The van der Waals surface area contributed by atoms with E-state index in [0.29, 0.717) is 5.56 Å². The van der Waals surface area contributed by atoms with Crippen molar-refractivity contribution in [3.8, 4) is 5.75 Å². The molecule has 1 aromatic rings. The number of aliphatic hydroxyl groups excluding tert-OH is 2. The Labute approximate surface area is 213 Å². The summed E-state index contributed by atoms with van der Waals surface area (Å²) in [6, 6.07) is 2.01. The number of aromatic hydroxyl groups is 1. The van der Waals surface area contributed by atoms with Crippen LogP contribution in [0.4, 0.5) is 5.69 Å². The van der Waals surface area contributed by atoms with Crippen LogP contribution in [0.15, 0.2) is 29.0 Å². The number of fused-ring (bicyclic) bond motifs is 3. The van der Waals surface area contributed by atoms with Crippen molar-refractivity contribution in [2.45, 2.75) is 24.5 Å². The molecule has 1 saturated carbocycles. The first kappa shape index (κ1) is 30.9. The average molecular weight is 530 g/mol. The number of carbonyl (C=O) groups is 3. The average Bonchev–Trinajstić information content (AvgIpc) is 2.70. The molecule has 1 fully saturated rings. The Kier molecular flexibility index (Phi) is 8.63. The molecule has 4 rings (SSSR count). The van der Waals surface area contributed by atoms with Crippen molar-refractivity contribution in [1.29, 1.82) is 0 Å². The Morgan fingerprint density at radius 1 is 1.08 bits per heavy atom. The quantitative estimate of drug-likeness (QED) is 0.296. The molecule has 0 aliphatic heterocycles. The largest absolute Gasteiger partial charge is 0.508 e. The van der Waals surface area contributed by atoms with Gasteiger partial charge in [0.15, 0.2) is 11.4 Å². The summed E-state index contributed by atoms with van der Waals surface area (Å²) in [5.41, 5.74) is 3.15. The van der Waals surface area contributed by atoms with Crippen molar-refractivity contribution in [2.75, 3.05) is 33.1 Å². The SMILES string of the molecule is CN(C)c1ccc(O)c2c1C[C@H]1C[C@H]3[C@H](N(C)C)C(=O)C(C(N)=O)=C(O)[C@@]3(O)C(=O)C1=C2O.Cl.O.O. The maximum Gasteiger partial charge on any atom is 0.255 e. The summed E-state index contributed by atoms with van der Waals surface area (Å²) in [7, 11) is 6.75. The van der Waals surface area contributed by atoms with Gasteiger partial charge in [-0.15, -0.1) is 12.4 Å². The molecule has 4 atom stereocenters. The number of amides is 1. The van der Waals surface area contributed by atoms with Crippen molar-refractivity contribution in [3.63, 3.8) is 0 Å². The van der Waals surface area contributed by atoms with Gasteiger partial charge in [0.05, 0.1) is 11.6 Å². The molecule has 3 aliphatic rings. The van der Waals surface area contributed by atoms with Crippen LogP contribution >= 0.6 is 12.4 Å². The van der Waals surface area contributed by atoms with Gasteiger partial charge in [0.1, 0.15) is 22.8 Å². The number of halogens is 1. The van der Waals surface area contributed by atoms with Crippen LogP contribution in [0.1, 0.15) is 17.5 Å². The standard InChI is InChI=1S/C23H27N3O7.ClH.2H2O/c1-25(2)12-5-6-13(27)15-10(12)7-9-8-11-17(26(3)4)19(29)16(22(24)32)21(31)23(11,33)20(30)14(9)18(15)28;;;/h5-6,9,11,17,27-28,31,33H,7-8H2,1-4H3,(H2,24,32);1H;2*1H2/t9-,11-,17-,23-;;;/m0.../s1. The van der Waals surface area contributed by atoms with E-state index in [9.17, 15) is 34.8 Å². The molecule has 1 aromatic carbocycles. The molecular formula is C23H32ClN3O9. The molecule has 0 saturated heterocycles. The Hall–Kier alpha value is -3.16. The second-order valence-electron chi connectivity index (χ2n) is 9.31. The first-order valence-electron chi connectivity index (χ1n) is 10.5. The minimum atomic E-state index is -2.63. The molecule has 0 spiro atoms. The molecule has 13 heteroatoms. The molecule has 3 aliphatic carbocycles.